The summed E-state index contributed by atoms with van der Waals surface area (Å²) in [6.45, 7) is 9.12. The van der Waals surface area contributed by atoms with Crippen LogP contribution < -0.4 is 19.1 Å². The van der Waals surface area contributed by atoms with Gasteiger partial charge in [-0.25, -0.2) is 4.79 Å². The van der Waals surface area contributed by atoms with E-state index in [2.05, 4.69) is 13.8 Å². The minimum absolute atomic E-state index is 0.00877. The van der Waals surface area contributed by atoms with Gasteiger partial charge in [0.2, 0.25) is 0 Å². The van der Waals surface area contributed by atoms with Crippen molar-refractivity contribution in [1.29, 1.82) is 0 Å². The molecule has 0 atom stereocenters. The summed E-state index contributed by atoms with van der Waals surface area (Å²) in [6, 6.07) is 26.2. The smallest absolute Gasteiger partial charge is 0.343 e. The predicted octanol–water partition coefficient (Wildman–Crippen LogP) is 9.81. The second-order valence-electron chi connectivity index (χ2n) is 17.1. The highest BCUT2D eigenvalue weighted by Crippen LogP contribution is 2.40. The quantitative estimate of drug-likeness (QED) is 0.0172. The minimum atomic E-state index is -0.447. The van der Waals surface area contributed by atoms with Gasteiger partial charge in [-0.3, -0.25) is 9.59 Å². The van der Waals surface area contributed by atoms with Crippen LogP contribution in [0, 0.1) is 10.8 Å². The molecule has 336 valence electrons. The molecule has 0 spiro atoms. The molecule has 3 aliphatic rings. The molecular formula is C51H60O12. The van der Waals surface area contributed by atoms with Gasteiger partial charge in [0.1, 0.15) is 37.1 Å². The number of hydrogen-bond acceptors (Lipinski definition) is 12. The maximum absolute atomic E-state index is 13.0. The van der Waals surface area contributed by atoms with Gasteiger partial charge in [0.05, 0.1) is 56.0 Å². The molecule has 0 radical (unpaired) electrons. The molecule has 1 aliphatic carbocycles. The molecule has 4 aromatic carbocycles. The van der Waals surface area contributed by atoms with Gasteiger partial charge in [-0.2, -0.15) is 4.89 Å². The highest BCUT2D eigenvalue weighted by atomic mass is 17.2. The first-order valence-electron chi connectivity index (χ1n) is 22.4. The van der Waals surface area contributed by atoms with E-state index in [0.717, 1.165) is 84.9 Å². The van der Waals surface area contributed by atoms with E-state index in [-0.39, 0.29) is 29.4 Å². The van der Waals surface area contributed by atoms with Crippen LogP contribution in [0.5, 0.6) is 23.0 Å². The van der Waals surface area contributed by atoms with Gasteiger partial charge in [0.25, 0.3) is 0 Å². The molecule has 0 bridgehead atoms. The fourth-order valence-electron chi connectivity index (χ4n) is 7.63. The molecule has 12 nitrogen and oxygen atoms in total. The molecule has 0 aromatic heterocycles. The molecule has 0 N–H and O–H groups in total. The largest absolute Gasteiger partial charge is 0.494 e. The molecule has 2 aliphatic heterocycles. The minimum Gasteiger partial charge on any atom is -0.494 e. The maximum atomic E-state index is 13.0. The van der Waals surface area contributed by atoms with E-state index < -0.39 is 5.97 Å². The number of esters is 3. The molecule has 4 aromatic rings. The topological polar surface area (TPSA) is 134 Å². The number of unbranched alkanes of at least 4 members (excludes halogenated alkanes) is 4. The van der Waals surface area contributed by atoms with Crippen molar-refractivity contribution in [2.45, 2.75) is 91.1 Å². The van der Waals surface area contributed by atoms with Crippen molar-refractivity contribution in [3.8, 4) is 34.1 Å². The summed E-state index contributed by atoms with van der Waals surface area (Å²) in [5, 5.41) is 0. The van der Waals surface area contributed by atoms with Crippen molar-refractivity contribution in [3.05, 3.63) is 107 Å². The third-order valence-corrected chi connectivity index (χ3v) is 12.2. The van der Waals surface area contributed by atoms with Crippen molar-refractivity contribution in [2.24, 2.45) is 10.8 Å². The van der Waals surface area contributed by atoms with Crippen LogP contribution in [0.2, 0.25) is 0 Å². The van der Waals surface area contributed by atoms with Crippen molar-refractivity contribution in [1.82, 2.24) is 0 Å². The molecule has 0 unspecified atom stereocenters. The third kappa shape index (κ3) is 12.8. The van der Waals surface area contributed by atoms with Gasteiger partial charge in [0, 0.05) is 12.8 Å². The van der Waals surface area contributed by atoms with E-state index in [1.165, 1.54) is 0 Å². The summed E-state index contributed by atoms with van der Waals surface area (Å²) in [7, 11) is 0. The summed E-state index contributed by atoms with van der Waals surface area (Å²) in [4.78, 5) is 48.5. The molecule has 2 fully saturated rings. The van der Waals surface area contributed by atoms with E-state index in [0.29, 0.717) is 94.9 Å². The average molecular weight is 865 g/mol. The normalized spacial score (nSPS) is 15.2. The number of benzene rings is 4. The number of carbonyl (C=O) groups excluding carboxylic acids is 3. The Hall–Kier alpha value is -5.43. The Kier molecular flexibility index (Phi) is 16.1. The zero-order chi connectivity index (χ0) is 43.9. The molecule has 12 heteroatoms. The Morgan fingerprint density at radius 1 is 0.571 bits per heavy atom. The summed E-state index contributed by atoms with van der Waals surface area (Å²) >= 11 is 0. The molecule has 63 heavy (non-hydrogen) atoms. The summed E-state index contributed by atoms with van der Waals surface area (Å²) in [5.74, 6) is 1.78. The second kappa shape index (κ2) is 22.3. The average Bonchev–Trinajstić information content (AvgIpc) is 3.63. The molecule has 0 amide bonds. The Bertz CT molecular complexity index is 2110. The zero-order valence-corrected chi connectivity index (χ0v) is 36.6. The first-order valence-corrected chi connectivity index (χ1v) is 22.4. The Morgan fingerprint density at radius 2 is 1.06 bits per heavy atom. The highest BCUT2D eigenvalue weighted by molar-refractivity contribution is 5.91. The number of hydrogen-bond donors (Lipinski definition) is 0. The van der Waals surface area contributed by atoms with E-state index in [1.54, 1.807) is 24.3 Å². The second-order valence-corrected chi connectivity index (χ2v) is 17.1. The van der Waals surface area contributed by atoms with Gasteiger partial charge in [-0.15, -0.1) is 0 Å². The fourth-order valence-corrected chi connectivity index (χ4v) is 7.63. The lowest BCUT2D eigenvalue weighted by Crippen LogP contribution is -2.46. The van der Waals surface area contributed by atoms with E-state index in [9.17, 15) is 14.4 Å². The number of rotatable bonds is 26. The van der Waals surface area contributed by atoms with Crippen LogP contribution in [0.25, 0.3) is 11.1 Å². The number of carbonyl (C=O) groups is 3. The lowest BCUT2D eigenvalue weighted by atomic mass is 9.84. The van der Waals surface area contributed by atoms with Crippen molar-refractivity contribution in [2.75, 3.05) is 52.9 Å². The first kappa shape index (κ1) is 45.6. The van der Waals surface area contributed by atoms with Crippen molar-refractivity contribution >= 4 is 17.9 Å². The zero-order valence-electron chi connectivity index (χ0n) is 36.6. The van der Waals surface area contributed by atoms with Crippen LogP contribution >= 0.6 is 0 Å². The Labute approximate surface area is 370 Å². The van der Waals surface area contributed by atoms with Crippen LogP contribution in [0.3, 0.4) is 0 Å². The summed E-state index contributed by atoms with van der Waals surface area (Å²) < 4.78 is 39.0. The summed E-state index contributed by atoms with van der Waals surface area (Å²) in [6.07, 6.45) is 8.34. The standard InChI is InChI=1S/C51H60O12/c1-3-50(31-55-32-50)35-59-47(52)11-7-5-9-25-57-41-17-13-37(14-18-41)30-61-63-44-22-24-46-40(29-44)27-39-28-43(21-23-45(39)46)62-49(54)38-15-19-42(20-16-38)58-26-10-6-8-12-48(53)60-36-51(4-2)33-56-34-51/h13-24,28-29H,3-12,25-27,30-36H2,1-2H3. The molecule has 0 saturated carbocycles. The van der Waals surface area contributed by atoms with Crippen LogP contribution in [-0.2, 0) is 46.5 Å². The first-order chi connectivity index (χ1) is 30.7. The van der Waals surface area contributed by atoms with Crippen LogP contribution in [-0.4, -0.2) is 70.8 Å². The van der Waals surface area contributed by atoms with Crippen molar-refractivity contribution in [3.63, 3.8) is 0 Å². The van der Waals surface area contributed by atoms with Gasteiger partial charge in [-0.1, -0.05) is 38.1 Å². The van der Waals surface area contributed by atoms with Crippen LogP contribution in [0.4, 0.5) is 0 Å². The molecule has 2 heterocycles. The Balaban J connectivity index is 0.752. The predicted molar refractivity (Wildman–Crippen MR) is 235 cm³/mol. The lowest BCUT2D eigenvalue weighted by molar-refractivity contribution is -0.217. The van der Waals surface area contributed by atoms with E-state index in [1.807, 2.05) is 60.7 Å². The Morgan fingerprint density at radius 3 is 1.57 bits per heavy atom. The number of ether oxygens (including phenoxy) is 7. The third-order valence-electron chi connectivity index (χ3n) is 12.2. The molecule has 7 rings (SSSR count). The van der Waals surface area contributed by atoms with Crippen LogP contribution in [0.15, 0.2) is 84.9 Å². The van der Waals surface area contributed by atoms with Crippen molar-refractivity contribution < 1.29 is 57.3 Å². The fraction of sp³-hybridized carbons (Fsp3) is 0.471. The monoisotopic (exact) mass is 864 g/mol. The van der Waals surface area contributed by atoms with Crippen LogP contribution in [0.1, 0.15) is 105 Å². The molecule has 2 saturated heterocycles. The molecular weight excluding hydrogens is 805 g/mol. The van der Waals surface area contributed by atoms with Gasteiger partial charge < -0.3 is 38.0 Å². The lowest BCUT2D eigenvalue weighted by Gasteiger charge is -2.39. The summed E-state index contributed by atoms with van der Waals surface area (Å²) in [5.41, 5.74) is 5.75. The van der Waals surface area contributed by atoms with E-state index >= 15 is 0 Å². The van der Waals surface area contributed by atoms with Gasteiger partial charge in [-0.05, 0) is 146 Å². The number of fused-ring (bicyclic) bond motifs is 3. The highest BCUT2D eigenvalue weighted by Gasteiger charge is 2.39. The SMILES string of the molecule is CCC1(COC(=O)CCCCCOc2ccc(COOc3ccc4c(c3)Cc3cc(OC(=O)c5ccc(OCCCCCC(=O)OCC6(CC)COC6)cc5)ccc3-4)cc2)COC1. The maximum Gasteiger partial charge on any atom is 0.343 e. The van der Waals surface area contributed by atoms with Gasteiger partial charge in [0.15, 0.2) is 5.75 Å². The van der Waals surface area contributed by atoms with Gasteiger partial charge >= 0.3 is 17.9 Å². The van der Waals surface area contributed by atoms with E-state index in [4.69, 9.17) is 42.9 Å².